The van der Waals surface area contributed by atoms with Crippen LogP contribution in [-0.4, -0.2) is 102 Å². The Kier molecular flexibility index (Phi) is 12.1. The number of hydrogen-bond acceptors (Lipinski definition) is 9. The quantitative estimate of drug-likeness (QED) is 0.184. The molecule has 3 heterocycles. The Morgan fingerprint density at radius 3 is 2.39 bits per heavy atom. The Bertz CT molecular complexity index is 2050. The maximum atomic E-state index is 14.8. The van der Waals surface area contributed by atoms with E-state index in [0.717, 1.165) is 29.1 Å². The number of likely N-dealkylation sites (N-methyl/N-ethyl adjacent to an activating group) is 1. The van der Waals surface area contributed by atoms with Crippen LogP contribution >= 0.6 is 0 Å². The van der Waals surface area contributed by atoms with Gasteiger partial charge >= 0.3 is 0 Å². The molecule has 3 aromatic rings. The summed E-state index contributed by atoms with van der Waals surface area (Å²) in [6.45, 7) is 12.3. The Morgan fingerprint density at radius 1 is 1.07 bits per heavy atom. The third-order valence-corrected chi connectivity index (χ3v) is 12.2. The van der Waals surface area contributed by atoms with Crippen LogP contribution in [0.1, 0.15) is 66.2 Å². The lowest BCUT2D eigenvalue weighted by molar-refractivity contribution is -0.149. The van der Waals surface area contributed by atoms with Crippen LogP contribution in [0, 0.1) is 17.3 Å². The largest absolute Gasteiger partial charge is 0.497 e. The number of methoxy groups -OCH3 is 1. The Balaban J connectivity index is 1.36. The predicted octanol–water partition coefficient (Wildman–Crippen LogP) is 4.76. The Labute approximate surface area is 330 Å². The highest BCUT2D eigenvalue weighted by Crippen LogP contribution is 2.46. The van der Waals surface area contributed by atoms with Gasteiger partial charge in [-0.1, -0.05) is 57.2 Å². The number of likely N-dealkylation sites (tertiary alicyclic amines) is 2. The molecule has 0 radical (unpaired) electrons. The molecule has 4 amide bonds. The number of carbonyl (C=O) groups is 4. The summed E-state index contributed by atoms with van der Waals surface area (Å²) in [5, 5.41) is 3.58. The zero-order chi connectivity index (χ0) is 40.4. The van der Waals surface area contributed by atoms with Gasteiger partial charge in [0.25, 0.3) is 5.91 Å². The van der Waals surface area contributed by atoms with Crippen molar-refractivity contribution in [2.45, 2.75) is 83.9 Å². The lowest BCUT2D eigenvalue weighted by atomic mass is 9.77. The summed E-state index contributed by atoms with van der Waals surface area (Å²) in [6.07, 6.45) is 3.98. The van der Waals surface area contributed by atoms with E-state index in [1.54, 1.807) is 14.0 Å². The number of hydrogen-bond donors (Lipinski definition) is 2. The molecular weight excluding hydrogens is 735 g/mol. The molecule has 300 valence electrons. The number of fused-ring (bicyclic) bond motifs is 1. The molecule has 56 heavy (non-hydrogen) atoms. The summed E-state index contributed by atoms with van der Waals surface area (Å²) >= 11 is 0. The van der Waals surface area contributed by atoms with Crippen LogP contribution in [0.25, 0.3) is 22.2 Å². The monoisotopic (exact) mass is 787 g/mol. The molecule has 13 nitrogen and oxygen atoms in total. The Hall–Kier alpha value is -4.98. The van der Waals surface area contributed by atoms with E-state index >= 15 is 0 Å². The fourth-order valence-electron chi connectivity index (χ4n) is 8.01. The van der Waals surface area contributed by atoms with Gasteiger partial charge in [0.1, 0.15) is 29.2 Å². The maximum absolute atomic E-state index is 14.8. The van der Waals surface area contributed by atoms with Gasteiger partial charge in [0.05, 0.1) is 30.8 Å². The predicted molar refractivity (Wildman–Crippen MR) is 213 cm³/mol. The van der Waals surface area contributed by atoms with E-state index in [0.29, 0.717) is 41.2 Å². The van der Waals surface area contributed by atoms with Crippen LogP contribution in [0.5, 0.6) is 11.5 Å². The van der Waals surface area contributed by atoms with E-state index in [1.807, 2.05) is 80.3 Å². The molecule has 1 aromatic heterocycles. The van der Waals surface area contributed by atoms with Gasteiger partial charge in [-0.05, 0) is 50.2 Å². The molecule has 2 aromatic carbocycles. The van der Waals surface area contributed by atoms with Gasteiger partial charge in [-0.3, -0.25) is 19.2 Å². The van der Waals surface area contributed by atoms with E-state index in [1.165, 1.54) is 11.0 Å². The number of ether oxygens (including phenoxy) is 2. The zero-order valence-corrected chi connectivity index (χ0v) is 33.8. The number of nitrogens with one attached hydrogen (secondary N) is 1. The highest BCUT2D eigenvalue weighted by molar-refractivity contribution is 7.70. The molecule has 0 spiro atoms. The van der Waals surface area contributed by atoms with Crippen molar-refractivity contribution >= 4 is 45.4 Å². The number of carbonyl (C=O) groups excluding carboxylic acids is 4. The molecule has 5 atom stereocenters. The number of rotatable bonds is 13. The lowest BCUT2D eigenvalue weighted by Crippen LogP contribution is -2.57. The molecular formula is C42H53N5O8S. The van der Waals surface area contributed by atoms with Crippen LogP contribution in [0.2, 0.25) is 0 Å². The van der Waals surface area contributed by atoms with E-state index in [9.17, 15) is 27.6 Å². The molecule has 14 heteroatoms. The molecule has 1 saturated carbocycles. The number of amides is 4. The van der Waals surface area contributed by atoms with Gasteiger partial charge in [0.2, 0.25) is 28.6 Å². The number of pyridine rings is 1. The molecule has 2 aliphatic heterocycles. The second kappa shape index (κ2) is 16.6. The SMILES string of the molecule is C=C[C@@H]1C[C@]1(NC(=O)[C@@H]1C[C@@H](Oc2cc(-c3ccccc3)nc3cc(OC)ccc23)CN1C(=O)[C@@H](CC(=O)N1CCCCC1)C(C)(C)C)C(=O)N(CC)[SH](=O)=O. The van der Waals surface area contributed by atoms with Crippen molar-refractivity contribution in [2.24, 2.45) is 17.3 Å². The molecule has 3 aliphatic rings. The van der Waals surface area contributed by atoms with E-state index in [4.69, 9.17) is 14.5 Å². The molecule has 0 bridgehead atoms. The first-order valence-electron chi connectivity index (χ1n) is 19.4. The minimum atomic E-state index is -3.25. The van der Waals surface area contributed by atoms with E-state index in [-0.39, 0.29) is 44.2 Å². The number of benzene rings is 2. The molecule has 6 rings (SSSR count). The van der Waals surface area contributed by atoms with Crippen LogP contribution in [0.4, 0.5) is 0 Å². The van der Waals surface area contributed by atoms with Gasteiger partial charge in [-0.2, -0.15) is 0 Å². The minimum absolute atomic E-state index is 0.0150. The second-order valence-corrected chi connectivity index (χ2v) is 17.0. The summed E-state index contributed by atoms with van der Waals surface area (Å²) in [6, 6.07) is 15.9. The molecule has 1 N–H and O–H groups in total. The van der Waals surface area contributed by atoms with Crippen LogP contribution in [-0.2, 0) is 30.1 Å². The van der Waals surface area contributed by atoms with Crippen LogP contribution in [0.3, 0.4) is 0 Å². The van der Waals surface area contributed by atoms with Gasteiger partial charge in [-0.15, -0.1) is 6.58 Å². The highest BCUT2D eigenvalue weighted by Gasteiger charge is 2.62. The van der Waals surface area contributed by atoms with Crippen molar-refractivity contribution in [1.82, 2.24) is 24.4 Å². The number of aromatic nitrogens is 1. The summed E-state index contributed by atoms with van der Waals surface area (Å²) in [5.74, 6) is -1.95. The smallest absolute Gasteiger partial charge is 0.262 e. The van der Waals surface area contributed by atoms with Crippen molar-refractivity contribution < 1.29 is 37.1 Å². The number of nitrogens with zero attached hydrogens (tertiary/aromatic N) is 4. The van der Waals surface area contributed by atoms with Gasteiger partial charge in [0, 0.05) is 61.5 Å². The number of thiol groups is 1. The summed E-state index contributed by atoms with van der Waals surface area (Å²) < 4.78 is 37.1. The van der Waals surface area contributed by atoms with Gasteiger partial charge in [-0.25, -0.2) is 17.7 Å². The molecule has 1 aliphatic carbocycles. The van der Waals surface area contributed by atoms with Gasteiger partial charge < -0.3 is 24.6 Å². The minimum Gasteiger partial charge on any atom is -0.497 e. The summed E-state index contributed by atoms with van der Waals surface area (Å²) in [7, 11) is -1.67. The summed E-state index contributed by atoms with van der Waals surface area (Å²) in [4.78, 5) is 64.9. The highest BCUT2D eigenvalue weighted by atomic mass is 32.2. The third kappa shape index (κ3) is 8.40. The van der Waals surface area contributed by atoms with Crippen LogP contribution < -0.4 is 14.8 Å². The van der Waals surface area contributed by atoms with Crippen molar-refractivity contribution in [1.29, 1.82) is 0 Å². The fraction of sp³-hybridized carbons (Fsp3) is 0.500. The Morgan fingerprint density at radius 2 is 1.79 bits per heavy atom. The number of piperidine rings is 1. The van der Waals surface area contributed by atoms with Gasteiger partial charge in [0.15, 0.2) is 0 Å². The molecule has 0 unspecified atom stereocenters. The third-order valence-electron chi connectivity index (χ3n) is 11.4. The van der Waals surface area contributed by atoms with Crippen molar-refractivity contribution in [3.8, 4) is 22.8 Å². The lowest BCUT2D eigenvalue weighted by Gasteiger charge is -2.36. The van der Waals surface area contributed by atoms with E-state index < -0.39 is 57.6 Å². The topological polar surface area (TPSA) is 156 Å². The van der Waals surface area contributed by atoms with Crippen LogP contribution in [0.15, 0.2) is 67.3 Å². The maximum Gasteiger partial charge on any atom is 0.262 e. The van der Waals surface area contributed by atoms with Crippen molar-refractivity contribution in [3.63, 3.8) is 0 Å². The standard InChI is InChI=1S/C42H53N5O8S/c1-7-28-25-42(28,40(51)47(8-2)56(52)53)44-38(49)35-22-30(26-46(35)39(50)32(41(3,4)5)23-37(48)45-19-13-10-14-20-45)55-36-24-33(27-15-11-9-12-16-27)43-34-21-29(54-6)17-18-31(34)36/h7,9,11-12,15-18,21,24,28,30,32,35,56H,1,8,10,13-14,19-20,22-23,25-26H2,2-6H3,(H,44,49)/t28-,30-,32-,35+,42-/m1/s1. The second-order valence-electron chi connectivity index (χ2n) is 16.1. The normalized spacial score (nSPS) is 22.7. The van der Waals surface area contributed by atoms with Crippen molar-refractivity contribution in [2.75, 3.05) is 33.3 Å². The first-order chi connectivity index (χ1) is 26.7. The average molecular weight is 788 g/mol. The average Bonchev–Trinajstić information content (AvgIpc) is 3.74. The fourth-order valence-corrected chi connectivity index (χ4v) is 8.56. The first-order valence-corrected chi connectivity index (χ1v) is 20.5. The summed E-state index contributed by atoms with van der Waals surface area (Å²) in [5.41, 5.74) is -0.00243. The zero-order valence-electron chi connectivity index (χ0n) is 32.9. The molecule has 2 saturated heterocycles. The first kappa shape index (κ1) is 40.7. The van der Waals surface area contributed by atoms with Crippen molar-refractivity contribution in [3.05, 3.63) is 67.3 Å². The van der Waals surface area contributed by atoms with E-state index in [2.05, 4.69) is 11.9 Å². The molecule has 3 fully saturated rings.